The van der Waals surface area contributed by atoms with Crippen LogP contribution in [-0.4, -0.2) is 25.0 Å². The van der Waals surface area contributed by atoms with Crippen LogP contribution in [0.5, 0.6) is 0 Å². The third kappa shape index (κ3) is 5.86. The van der Waals surface area contributed by atoms with Gasteiger partial charge in [-0.1, -0.05) is 30.7 Å². The highest BCUT2D eigenvalue weighted by Gasteiger charge is 1.87. The van der Waals surface area contributed by atoms with Crippen molar-refractivity contribution in [3.63, 3.8) is 0 Å². The van der Waals surface area contributed by atoms with Crippen LogP contribution in [0.15, 0.2) is 23.8 Å². The van der Waals surface area contributed by atoms with Crippen LogP contribution in [-0.2, 0) is 0 Å². The molecule has 1 heteroatoms. The predicted molar refractivity (Wildman–Crippen MR) is 51.7 cm³/mol. The Bertz CT molecular complexity index is 145. The highest BCUT2D eigenvalue weighted by Crippen LogP contribution is 1.93. The van der Waals surface area contributed by atoms with Gasteiger partial charge in [0.25, 0.3) is 0 Å². The molecule has 0 N–H and O–H groups in total. The second-order valence-corrected chi connectivity index (χ2v) is 2.79. The normalized spacial score (nSPS) is 13.4. The van der Waals surface area contributed by atoms with Crippen molar-refractivity contribution in [1.82, 2.24) is 4.90 Å². The van der Waals surface area contributed by atoms with E-state index in [1.54, 1.807) is 0 Å². The average Bonchev–Trinajstić information content (AvgIpc) is 2.04. The van der Waals surface area contributed by atoms with Gasteiger partial charge in [0.15, 0.2) is 0 Å². The molecule has 64 valence electrons. The summed E-state index contributed by atoms with van der Waals surface area (Å²) in [6.45, 7) is 8.49. The van der Waals surface area contributed by atoms with Gasteiger partial charge in [-0.25, -0.2) is 0 Å². The van der Waals surface area contributed by atoms with Crippen LogP contribution in [0.4, 0.5) is 0 Å². The van der Waals surface area contributed by atoms with Crippen molar-refractivity contribution in [2.75, 3.05) is 20.1 Å². The average molecular weight is 153 g/mol. The van der Waals surface area contributed by atoms with Crippen LogP contribution in [0.25, 0.3) is 0 Å². The number of hydrogen-bond acceptors (Lipinski definition) is 1. The van der Waals surface area contributed by atoms with Crippen LogP contribution in [0, 0.1) is 0 Å². The molecule has 0 aromatic heterocycles. The van der Waals surface area contributed by atoms with Crippen LogP contribution in [0.1, 0.15) is 20.8 Å². The summed E-state index contributed by atoms with van der Waals surface area (Å²) >= 11 is 0. The molecule has 0 aromatic rings. The first-order valence-corrected chi connectivity index (χ1v) is 4.18. The van der Waals surface area contributed by atoms with E-state index < -0.39 is 0 Å². The lowest BCUT2D eigenvalue weighted by molar-refractivity contribution is 0.392. The molecule has 11 heavy (non-hydrogen) atoms. The van der Waals surface area contributed by atoms with E-state index in [0.717, 1.165) is 13.1 Å². The Morgan fingerprint density at radius 1 is 1.45 bits per heavy atom. The first-order chi connectivity index (χ1) is 5.20. The maximum atomic E-state index is 2.26. The van der Waals surface area contributed by atoms with E-state index in [2.05, 4.69) is 50.9 Å². The molecule has 0 aromatic carbocycles. The number of rotatable bonds is 4. The summed E-state index contributed by atoms with van der Waals surface area (Å²) < 4.78 is 0. The van der Waals surface area contributed by atoms with Gasteiger partial charge in [0, 0.05) is 6.54 Å². The summed E-state index contributed by atoms with van der Waals surface area (Å²) in [5.41, 5.74) is 1.33. The molecule has 0 aliphatic heterocycles. The van der Waals surface area contributed by atoms with Gasteiger partial charge in [-0.05, 0) is 27.4 Å². The van der Waals surface area contributed by atoms with Crippen LogP contribution >= 0.6 is 0 Å². The third-order valence-electron chi connectivity index (χ3n) is 1.79. The van der Waals surface area contributed by atoms with Gasteiger partial charge in [-0.3, -0.25) is 0 Å². The van der Waals surface area contributed by atoms with Gasteiger partial charge in [-0.2, -0.15) is 0 Å². The van der Waals surface area contributed by atoms with E-state index >= 15 is 0 Å². The fourth-order valence-electron chi connectivity index (χ4n) is 0.644. The number of nitrogens with zero attached hydrogens (tertiary/aromatic N) is 1. The first kappa shape index (κ1) is 10.4. The van der Waals surface area contributed by atoms with E-state index in [1.165, 1.54) is 5.57 Å². The van der Waals surface area contributed by atoms with Crippen molar-refractivity contribution in [2.24, 2.45) is 0 Å². The zero-order valence-corrected chi connectivity index (χ0v) is 8.09. The number of likely N-dealkylation sites (N-methyl/N-ethyl adjacent to an activating group) is 1. The SMILES string of the molecule is C/C=C(C)/C=C/CN(C)CC. The lowest BCUT2D eigenvalue weighted by Gasteiger charge is -2.09. The summed E-state index contributed by atoms with van der Waals surface area (Å²) in [6.07, 6.45) is 6.47. The third-order valence-corrected chi connectivity index (χ3v) is 1.79. The lowest BCUT2D eigenvalue weighted by atomic mass is 10.2. The molecule has 0 aliphatic rings. The standard InChI is InChI=1S/C10H19N/c1-5-10(3)8-7-9-11(4)6-2/h5,7-8H,6,9H2,1-4H3/b8-7+,10-5+. The minimum absolute atomic E-state index is 1.04. The van der Waals surface area contributed by atoms with Gasteiger partial charge in [0.1, 0.15) is 0 Å². The van der Waals surface area contributed by atoms with E-state index in [0.29, 0.717) is 0 Å². The first-order valence-electron chi connectivity index (χ1n) is 4.18. The smallest absolute Gasteiger partial charge is 0.0163 e. The van der Waals surface area contributed by atoms with Gasteiger partial charge in [0.05, 0.1) is 0 Å². The summed E-state index contributed by atoms with van der Waals surface area (Å²) in [7, 11) is 2.12. The van der Waals surface area contributed by atoms with Crippen LogP contribution in [0.3, 0.4) is 0 Å². The maximum absolute atomic E-state index is 2.26. The monoisotopic (exact) mass is 153 g/mol. The summed E-state index contributed by atoms with van der Waals surface area (Å²) in [5, 5.41) is 0. The van der Waals surface area contributed by atoms with Gasteiger partial charge in [-0.15, -0.1) is 0 Å². The molecule has 0 fully saturated rings. The molecule has 0 saturated heterocycles. The molecule has 0 heterocycles. The molecule has 0 bridgehead atoms. The van der Waals surface area contributed by atoms with Crippen molar-refractivity contribution in [3.05, 3.63) is 23.8 Å². The van der Waals surface area contributed by atoms with Crippen molar-refractivity contribution in [2.45, 2.75) is 20.8 Å². The molecule has 1 nitrogen and oxygen atoms in total. The Hall–Kier alpha value is -0.560. The van der Waals surface area contributed by atoms with Crippen molar-refractivity contribution >= 4 is 0 Å². The summed E-state index contributed by atoms with van der Waals surface area (Å²) in [6, 6.07) is 0. The minimum atomic E-state index is 1.04. The van der Waals surface area contributed by atoms with Crippen molar-refractivity contribution in [3.8, 4) is 0 Å². The Labute approximate surface area is 70.4 Å². The van der Waals surface area contributed by atoms with E-state index in [9.17, 15) is 0 Å². The predicted octanol–water partition coefficient (Wildman–Crippen LogP) is 2.46. The Balaban J connectivity index is 3.60. The molecule has 0 saturated carbocycles. The van der Waals surface area contributed by atoms with Gasteiger partial charge in [0.2, 0.25) is 0 Å². The summed E-state index contributed by atoms with van der Waals surface area (Å²) in [5.74, 6) is 0. The molecule has 0 aliphatic carbocycles. The fourth-order valence-corrected chi connectivity index (χ4v) is 0.644. The lowest BCUT2D eigenvalue weighted by Crippen LogP contribution is -2.16. The number of allylic oxidation sites excluding steroid dienone is 3. The van der Waals surface area contributed by atoms with Gasteiger partial charge < -0.3 is 4.90 Å². The van der Waals surface area contributed by atoms with E-state index in [1.807, 2.05) is 0 Å². The maximum Gasteiger partial charge on any atom is 0.0163 e. The number of hydrogen-bond donors (Lipinski definition) is 0. The van der Waals surface area contributed by atoms with Crippen molar-refractivity contribution in [1.29, 1.82) is 0 Å². The molecular formula is C10H19N. The molecule has 0 spiro atoms. The molecule has 0 radical (unpaired) electrons. The zero-order chi connectivity index (χ0) is 8.69. The van der Waals surface area contributed by atoms with Crippen molar-refractivity contribution < 1.29 is 0 Å². The second kappa shape index (κ2) is 6.17. The topological polar surface area (TPSA) is 3.24 Å². The Kier molecular flexibility index (Phi) is 5.86. The quantitative estimate of drug-likeness (QED) is 0.561. The molecule has 0 atom stereocenters. The molecule has 0 amide bonds. The Morgan fingerprint density at radius 2 is 2.09 bits per heavy atom. The fraction of sp³-hybridized carbons (Fsp3) is 0.600. The summed E-state index contributed by atoms with van der Waals surface area (Å²) in [4.78, 5) is 2.26. The molecular weight excluding hydrogens is 134 g/mol. The molecule has 0 unspecified atom stereocenters. The highest BCUT2D eigenvalue weighted by atomic mass is 15.1. The molecule has 0 rings (SSSR count). The second-order valence-electron chi connectivity index (χ2n) is 2.79. The highest BCUT2D eigenvalue weighted by molar-refractivity contribution is 5.14. The Morgan fingerprint density at radius 3 is 2.55 bits per heavy atom. The van der Waals surface area contributed by atoms with Crippen LogP contribution in [0.2, 0.25) is 0 Å². The van der Waals surface area contributed by atoms with E-state index in [-0.39, 0.29) is 0 Å². The van der Waals surface area contributed by atoms with E-state index in [4.69, 9.17) is 0 Å². The largest absolute Gasteiger partial charge is 0.303 e. The zero-order valence-electron chi connectivity index (χ0n) is 8.09. The van der Waals surface area contributed by atoms with Crippen LogP contribution < -0.4 is 0 Å². The van der Waals surface area contributed by atoms with Gasteiger partial charge >= 0.3 is 0 Å². The minimum Gasteiger partial charge on any atom is -0.303 e.